The molecule has 0 radical (unpaired) electrons. The lowest BCUT2D eigenvalue weighted by Crippen LogP contribution is -2.49. The average molecular weight is 549 g/mol. The summed E-state index contributed by atoms with van der Waals surface area (Å²) in [5.41, 5.74) is -1.65. The maximum Gasteiger partial charge on any atom is 0.417 e. The highest BCUT2D eigenvalue weighted by atomic mass is 35.5. The molecule has 1 aromatic heterocycles. The minimum atomic E-state index is -4.62. The molecule has 1 amide bonds. The van der Waals surface area contributed by atoms with Crippen LogP contribution in [0.5, 0.6) is 0 Å². The number of ketones is 1. The van der Waals surface area contributed by atoms with Gasteiger partial charge < -0.3 is 4.90 Å². The fraction of sp³-hybridized carbons (Fsp3) is 0.368. The van der Waals surface area contributed by atoms with Crippen molar-refractivity contribution in [1.82, 2.24) is 9.80 Å². The fourth-order valence-corrected chi connectivity index (χ4v) is 4.46. The van der Waals surface area contributed by atoms with E-state index in [9.17, 15) is 32.9 Å². The molecule has 3 rings (SSSR count). The van der Waals surface area contributed by atoms with Crippen molar-refractivity contribution < 1.29 is 27.7 Å². The number of benzene rings is 1. The lowest BCUT2D eigenvalue weighted by atomic mass is 10.1. The zero-order chi connectivity index (χ0) is 22.8. The molecular weight excluding hydrogens is 530 g/mol. The number of amides is 1. The number of rotatable bonds is 6. The number of nitro groups is 1. The van der Waals surface area contributed by atoms with E-state index < -0.39 is 22.6 Å². The van der Waals surface area contributed by atoms with E-state index in [1.54, 1.807) is 0 Å². The van der Waals surface area contributed by atoms with Gasteiger partial charge in [-0.1, -0.05) is 23.7 Å². The summed E-state index contributed by atoms with van der Waals surface area (Å²) in [4.78, 5) is 38.6. The van der Waals surface area contributed by atoms with Gasteiger partial charge in [0.15, 0.2) is 10.1 Å². The van der Waals surface area contributed by atoms with E-state index in [-0.39, 0.29) is 70.6 Å². The first-order valence-electron chi connectivity index (χ1n) is 9.22. The largest absolute Gasteiger partial charge is 0.417 e. The summed E-state index contributed by atoms with van der Waals surface area (Å²) in [7, 11) is 0. The minimum Gasteiger partial charge on any atom is -0.336 e. The number of piperazine rings is 1. The van der Waals surface area contributed by atoms with Gasteiger partial charge in [0, 0.05) is 45.2 Å². The van der Waals surface area contributed by atoms with Crippen molar-refractivity contribution in [2.75, 3.05) is 32.7 Å². The lowest BCUT2D eigenvalue weighted by Gasteiger charge is -2.35. The number of hydrogen-bond donors (Lipinski definition) is 0. The van der Waals surface area contributed by atoms with Crippen LogP contribution >= 0.6 is 47.8 Å². The third kappa shape index (κ3) is 7.03. The minimum absolute atomic E-state index is 0. The molecule has 0 saturated carbocycles. The number of carbonyl (C=O) groups excluding carboxylic acids is 2. The highest BCUT2D eigenvalue weighted by molar-refractivity contribution is 7.18. The summed E-state index contributed by atoms with van der Waals surface area (Å²) in [5, 5.41) is 10.8. The summed E-state index contributed by atoms with van der Waals surface area (Å²) < 4.78 is 39.5. The molecule has 0 aliphatic carbocycles. The van der Waals surface area contributed by atoms with Crippen LogP contribution in [0.2, 0.25) is 4.34 Å². The number of alkyl halides is 3. The lowest BCUT2D eigenvalue weighted by molar-refractivity contribution is -0.384. The first kappa shape index (κ1) is 29.1. The van der Waals surface area contributed by atoms with Crippen LogP contribution in [0.15, 0.2) is 30.3 Å². The molecule has 182 valence electrons. The molecule has 1 aromatic carbocycles. The molecule has 0 unspecified atom stereocenters. The zero-order valence-corrected chi connectivity index (χ0v) is 20.0. The molecule has 33 heavy (non-hydrogen) atoms. The summed E-state index contributed by atoms with van der Waals surface area (Å²) in [6.45, 7) is 1.63. The Morgan fingerprint density at radius 1 is 1.12 bits per heavy atom. The molecule has 1 aliphatic rings. The molecule has 0 bridgehead atoms. The van der Waals surface area contributed by atoms with E-state index in [2.05, 4.69) is 0 Å². The summed E-state index contributed by atoms with van der Waals surface area (Å²) in [5.74, 6) is -0.957. The van der Waals surface area contributed by atoms with Crippen LogP contribution in [0.1, 0.15) is 32.0 Å². The van der Waals surface area contributed by atoms with E-state index in [1.807, 2.05) is 4.90 Å². The number of hydrogen-bond acceptors (Lipinski definition) is 6. The zero-order valence-electron chi connectivity index (χ0n) is 16.8. The molecule has 0 spiro atoms. The highest BCUT2D eigenvalue weighted by Gasteiger charge is 2.36. The normalized spacial score (nSPS) is 14.2. The Hall–Kier alpha value is -1.92. The summed E-state index contributed by atoms with van der Waals surface area (Å²) >= 11 is 6.63. The standard InChI is InChI=1S/C19H17ClF3N3O4S.2ClH/c20-17-14(26(29)30)11-16(31-17)15(27)5-6-24-7-9-25(10-8-24)18(28)12-3-1-2-4-13(12)19(21,22)23;;/h1-4,11H,5-10H2;2*1H. The predicted molar refractivity (Wildman–Crippen MR) is 123 cm³/mol. The van der Waals surface area contributed by atoms with E-state index in [4.69, 9.17) is 11.6 Å². The van der Waals surface area contributed by atoms with E-state index >= 15 is 0 Å². The first-order valence-corrected chi connectivity index (χ1v) is 10.4. The second-order valence-corrected chi connectivity index (χ2v) is 8.53. The van der Waals surface area contributed by atoms with Crippen molar-refractivity contribution in [1.29, 1.82) is 0 Å². The van der Waals surface area contributed by atoms with Gasteiger partial charge in [-0.2, -0.15) is 13.2 Å². The van der Waals surface area contributed by atoms with Gasteiger partial charge in [-0.3, -0.25) is 24.6 Å². The van der Waals surface area contributed by atoms with Crippen LogP contribution < -0.4 is 0 Å². The Kier molecular flexibility index (Phi) is 10.6. The summed E-state index contributed by atoms with van der Waals surface area (Å²) in [6, 6.07) is 5.84. The Balaban J connectivity index is 0.00000272. The fourth-order valence-electron chi connectivity index (χ4n) is 3.27. The van der Waals surface area contributed by atoms with Crippen molar-refractivity contribution in [3.8, 4) is 0 Å². The second kappa shape index (κ2) is 12.0. The van der Waals surface area contributed by atoms with Gasteiger partial charge in [-0.25, -0.2) is 0 Å². The maximum atomic E-state index is 13.2. The van der Waals surface area contributed by atoms with Crippen LogP contribution in [0.4, 0.5) is 18.9 Å². The molecule has 0 atom stereocenters. The van der Waals surface area contributed by atoms with Gasteiger partial charge in [-0.15, -0.1) is 36.2 Å². The van der Waals surface area contributed by atoms with Gasteiger partial charge in [0.2, 0.25) is 0 Å². The molecule has 2 heterocycles. The maximum absolute atomic E-state index is 13.2. The van der Waals surface area contributed by atoms with Gasteiger partial charge in [0.05, 0.1) is 20.9 Å². The topological polar surface area (TPSA) is 83.8 Å². The molecule has 7 nitrogen and oxygen atoms in total. The van der Waals surface area contributed by atoms with E-state index in [0.29, 0.717) is 19.6 Å². The average Bonchev–Trinajstić information content (AvgIpc) is 3.13. The Bertz CT molecular complexity index is 1010. The molecule has 2 aromatic rings. The SMILES string of the molecule is Cl.Cl.O=C(CCN1CCN(C(=O)c2ccccc2C(F)(F)F)CC1)c1cc([N+](=O)[O-])c(Cl)s1. The summed E-state index contributed by atoms with van der Waals surface area (Å²) in [6.07, 6.45) is -4.51. The second-order valence-electron chi connectivity index (χ2n) is 6.88. The predicted octanol–water partition coefficient (Wildman–Crippen LogP) is 5.20. The number of nitrogens with zero attached hydrogens (tertiary/aromatic N) is 3. The van der Waals surface area contributed by atoms with E-state index in [1.165, 1.54) is 23.1 Å². The molecule has 0 N–H and O–H groups in total. The number of carbonyl (C=O) groups is 2. The quantitative estimate of drug-likeness (QED) is 0.281. The molecule has 14 heteroatoms. The van der Waals surface area contributed by atoms with Gasteiger partial charge in [0.25, 0.3) is 11.6 Å². The molecular formula is C19H19Cl3F3N3O4S. The van der Waals surface area contributed by atoms with Crippen molar-refractivity contribution in [3.63, 3.8) is 0 Å². The molecule has 1 fully saturated rings. The van der Waals surface area contributed by atoms with Crippen molar-refractivity contribution >= 4 is 65.1 Å². The van der Waals surface area contributed by atoms with Gasteiger partial charge in [-0.05, 0) is 12.1 Å². The van der Waals surface area contributed by atoms with Crippen LogP contribution in [0, 0.1) is 10.1 Å². The van der Waals surface area contributed by atoms with Crippen LogP contribution in [0.3, 0.4) is 0 Å². The number of thiophene rings is 1. The Labute approximate surface area is 208 Å². The Morgan fingerprint density at radius 3 is 2.27 bits per heavy atom. The monoisotopic (exact) mass is 547 g/mol. The number of halogens is 6. The highest BCUT2D eigenvalue weighted by Crippen LogP contribution is 2.34. The number of Topliss-reactive ketones (excluding diaryl/α,β-unsaturated/α-hetero) is 1. The first-order chi connectivity index (χ1) is 14.6. The van der Waals surface area contributed by atoms with Crippen LogP contribution in [-0.2, 0) is 6.18 Å². The third-order valence-corrected chi connectivity index (χ3v) is 6.30. The molecule has 1 saturated heterocycles. The van der Waals surface area contributed by atoms with Crippen LogP contribution in [-0.4, -0.2) is 59.1 Å². The van der Waals surface area contributed by atoms with E-state index in [0.717, 1.165) is 23.5 Å². The van der Waals surface area contributed by atoms with Gasteiger partial charge >= 0.3 is 6.18 Å². The third-order valence-electron chi connectivity index (χ3n) is 4.92. The van der Waals surface area contributed by atoms with Crippen LogP contribution in [0.25, 0.3) is 0 Å². The molecule has 1 aliphatic heterocycles. The van der Waals surface area contributed by atoms with Crippen molar-refractivity contribution in [2.24, 2.45) is 0 Å². The van der Waals surface area contributed by atoms with Crippen molar-refractivity contribution in [3.05, 3.63) is 60.8 Å². The van der Waals surface area contributed by atoms with Crippen molar-refractivity contribution in [2.45, 2.75) is 12.6 Å². The Morgan fingerprint density at radius 2 is 1.73 bits per heavy atom. The smallest absolute Gasteiger partial charge is 0.336 e. The van der Waals surface area contributed by atoms with Gasteiger partial charge in [0.1, 0.15) is 0 Å².